The van der Waals surface area contributed by atoms with E-state index in [4.69, 9.17) is 39.5 Å². The van der Waals surface area contributed by atoms with Crippen molar-refractivity contribution in [2.24, 2.45) is 0 Å². The predicted molar refractivity (Wildman–Crippen MR) is 86.6 cm³/mol. The molecule has 3 nitrogen and oxygen atoms in total. The molecular formula is C15H11Cl3FNO2. The quantitative estimate of drug-likeness (QED) is 0.812. The molecule has 1 amide bonds. The Bertz CT molecular complexity index is 709. The topological polar surface area (TPSA) is 38.3 Å². The lowest BCUT2D eigenvalue weighted by molar-refractivity contribution is -0.122. The third-order valence-electron chi connectivity index (χ3n) is 2.78. The van der Waals surface area contributed by atoms with Gasteiger partial charge in [0, 0.05) is 5.02 Å². The van der Waals surface area contributed by atoms with Crippen molar-refractivity contribution < 1.29 is 13.9 Å². The van der Waals surface area contributed by atoms with E-state index in [1.807, 2.05) is 0 Å². The van der Waals surface area contributed by atoms with Crippen molar-refractivity contribution in [3.05, 3.63) is 57.3 Å². The number of nitrogens with one attached hydrogen (secondary N) is 1. The smallest absolute Gasteiger partial charge is 0.265 e. The molecule has 0 heterocycles. The van der Waals surface area contributed by atoms with Gasteiger partial charge in [0.25, 0.3) is 5.91 Å². The van der Waals surface area contributed by atoms with E-state index in [9.17, 15) is 9.18 Å². The van der Waals surface area contributed by atoms with Crippen LogP contribution in [0.2, 0.25) is 15.1 Å². The van der Waals surface area contributed by atoms with Gasteiger partial charge in [-0.1, -0.05) is 40.9 Å². The summed E-state index contributed by atoms with van der Waals surface area (Å²) in [5.74, 6) is -0.929. The number of benzene rings is 2. The van der Waals surface area contributed by atoms with Crippen molar-refractivity contribution in [3.8, 4) is 5.75 Å². The molecule has 2 rings (SSSR count). The molecule has 0 bridgehead atoms. The highest BCUT2D eigenvalue weighted by Crippen LogP contribution is 2.28. The maximum atomic E-state index is 13.7. The standard InChI is InChI=1S/C15H11Cl3FNO2/c1-8(22-13-6-5-9(16)7-11(13)18)15(21)20-12-4-2-3-10(17)14(12)19/h2-8H,1H3,(H,20,21). The molecule has 1 atom stereocenters. The first-order chi connectivity index (χ1) is 10.4. The van der Waals surface area contributed by atoms with E-state index in [2.05, 4.69) is 5.32 Å². The maximum Gasteiger partial charge on any atom is 0.265 e. The predicted octanol–water partition coefficient (Wildman–Crippen LogP) is 5.19. The van der Waals surface area contributed by atoms with E-state index in [1.54, 1.807) is 12.1 Å². The molecule has 0 saturated carbocycles. The van der Waals surface area contributed by atoms with E-state index in [-0.39, 0.29) is 15.7 Å². The summed E-state index contributed by atoms with van der Waals surface area (Å²) in [7, 11) is 0. The molecule has 2 aromatic rings. The lowest BCUT2D eigenvalue weighted by atomic mass is 10.2. The van der Waals surface area contributed by atoms with Crippen LogP contribution in [0.25, 0.3) is 0 Å². The zero-order chi connectivity index (χ0) is 16.3. The fourth-order valence-electron chi connectivity index (χ4n) is 1.65. The highest BCUT2D eigenvalue weighted by molar-refractivity contribution is 6.35. The summed E-state index contributed by atoms with van der Waals surface area (Å²) < 4.78 is 19.2. The highest BCUT2D eigenvalue weighted by Gasteiger charge is 2.18. The molecule has 2 aromatic carbocycles. The molecule has 0 spiro atoms. The van der Waals surface area contributed by atoms with Crippen LogP contribution >= 0.6 is 34.8 Å². The van der Waals surface area contributed by atoms with Crippen LogP contribution in [0.15, 0.2) is 36.4 Å². The monoisotopic (exact) mass is 361 g/mol. The summed E-state index contributed by atoms with van der Waals surface area (Å²) in [6.45, 7) is 1.52. The Hall–Kier alpha value is -1.49. The number of hydrogen-bond acceptors (Lipinski definition) is 2. The Labute approximate surface area is 141 Å². The molecule has 0 aliphatic carbocycles. The molecule has 7 heteroatoms. The number of halogens is 4. The minimum Gasteiger partial charge on any atom is -0.479 e. The molecule has 116 valence electrons. The summed E-state index contributed by atoms with van der Waals surface area (Å²) in [5.41, 5.74) is -0.0184. The van der Waals surface area contributed by atoms with Crippen LogP contribution in [0.4, 0.5) is 10.1 Å². The van der Waals surface area contributed by atoms with Crippen LogP contribution in [0, 0.1) is 5.82 Å². The van der Waals surface area contributed by atoms with E-state index in [1.165, 1.54) is 31.2 Å². The number of amides is 1. The Morgan fingerprint density at radius 3 is 2.59 bits per heavy atom. The second-order valence-corrected chi connectivity index (χ2v) is 5.68. The average molecular weight is 363 g/mol. The average Bonchev–Trinajstić information content (AvgIpc) is 2.46. The SMILES string of the molecule is CC(Oc1ccc(Cl)cc1Cl)C(=O)Nc1cccc(Cl)c1F. The molecule has 0 aliphatic heterocycles. The summed E-state index contributed by atoms with van der Waals surface area (Å²) in [5, 5.41) is 3.07. The fourth-order valence-corrected chi connectivity index (χ4v) is 2.28. The van der Waals surface area contributed by atoms with Gasteiger partial charge in [-0.3, -0.25) is 4.79 Å². The van der Waals surface area contributed by atoms with Crippen LogP contribution in [0.3, 0.4) is 0 Å². The van der Waals surface area contributed by atoms with Crippen molar-refractivity contribution in [1.29, 1.82) is 0 Å². The first-order valence-electron chi connectivity index (χ1n) is 6.25. The Morgan fingerprint density at radius 2 is 1.91 bits per heavy atom. The van der Waals surface area contributed by atoms with E-state index in [0.29, 0.717) is 10.8 Å². The van der Waals surface area contributed by atoms with Gasteiger partial charge < -0.3 is 10.1 Å². The highest BCUT2D eigenvalue weighted by atomic mass is 35.5. The molecule has 22 heavy (non-hydrogen) atoms. The zero-order valence-corrected chi connectivity index (χ0v) is 13.6. The molecular weight excluding hydrogens is 352 g/mol. The molecule has 0 saturated heterocycles. The van der Waals surface area contributed by atoms with Crippen molar-refractivity contribution in [2.45, 2.75) is 13.0 Å². The molecule has 0 radical (unpaired) electrons. The summed E-state index contributed by atoms with van der Waals surface area (Å²) in [4.78, 5) is 12.0. The van der Waals surface area contributed by atoms with Gasteiger partial charge in [0.1, 0.15) is 5.75 Å². The van der Waals surface area contributed by atoms with Gasteiger partial charge in [-0.25, -0.2) is 4.39 Å². The third kappa shape index (κ3) is 4.03. The number of anilines is 1. The molecule has 0 aliphatic rings. The Balaban J connectivity index is 2.07. The molecule has 1 N–H and O–H groups in total. The van der Waals surface area contributed by atoms with Crippen molar-refractivity contribution in [2.75, 3.05) is 5.32 Å². The minimum atomic E-state index is -0.892. The second kappa shape index (κ2) is 7.18. The van der Waals surface area contributed by atoms with Crippen molar-refractivity contribution in [1.82, 2.24) is 0 Å². The lowest BCUT2D eigenvalue weighted by Gasteiger charge is -2.16. The van der Waals surface area contributed by atoms with Gasteiger partial charge in [0.2, 0.25) is 0 Å². The number of carbonyl (C=O) groups is 1. The zero-order valence-electron chi connectivity index (χ0n) is 11.4. The largest absolute Gasteiger partial charge is 0.479 e. The number of carbonyl (C=O) groups excluding carboxylic acids is 1. The van der Waals surface area contributed by atoms with Crippen molar-refractivity contribution in [3.63, 3.8) is 0 Å². The van der Waals surface area contributed by atoms with E-state index >= 15 is 0 Å². The molecule has 0 aromatic heterocycles. The first kappa shape index (κ1) is 16.9. The van der Waals surface area contributed by atoms with E-state index < -0.39 is 17.8 Å². The number of hydrogen-bond donors (Lipinski definition) is 1. The van der Waals surface area contributed by atoms with Gasteiger partial charge in [-0.15, -0.1) is 0 Å². The Kier molecular flexibility index (Phi) is 5.51. The van der Waals surface area contributed by atoms with Gasteiger partial charge in [0.05, 0.1) is 15.7 Å². The van der Waals surface area contributed by atoms with Gasteiger partial charge in [-0.2, -0.15) is 0 Å². The minimum absolute atomic E-state index is 0.0184. The Morgan fingerprint density at radius 1 is 1.18 bits per heavy atom. The molecule has 1 unspecified atom stereocenters. The van der Waals surface area contributed by atoms with Crippen molar-refractivity contribution >= 4 is 46.4 Å². The maximum absolute atomic E-state index is 13.7. The summed E-state index contributed by atoms with van der Waals surface area (Å²) >= 11 is 17.4. The van der Waals surface area contributed by atoms with Gasteiger partial charge >= 0.3 is 0 Å². The fraction of sp³-hybridized carbons (Fsp3) is 0.133. The second-order valence-electron chi connectivity index (χ2n) is 4.43. The van der Waals surface area contributed by atoms with Crippen LogP contribution in [-0.4, -0.2) is 12.0 Å². The van der Waals surface area contributed by atoms with Crippen LogP contribution in [-0.2, 0) is 4.79 Å². The number of rotatable bonds is 4. The normalized spacial score (nSPS) is 11.9. The van der Waals surface area contributed by atoms with Gasteiger partial charge in [0.15, 0.2) is 11.9 Å². The lowest BCUT2D eigenvalue weighted by Crippen LogP contribution is -2.30. The van der Waals surface area contributed by atoms with Crippen LogP contribution in [0.5, 0.6) is 5.75 Å². The number of ether oxygens (including phenoxy) is 1. The molecule has 0 fully saturated rings. The summed E-state index contributed by atoms with van der Waals surface area (Å²) in [6, 6.07) is 8.96. The van der Waals surface area contributed by atoms with Gasteiger partial charge in [-0.05, 0) is 37.3 Å². The van der Waals surface area contributed by atoms with Crippen LogP contribution < -0.4 is 10.1 Å². The third-order valence-corrected chi connectivity index (χ3v) is 3.60. The summed E-state index contributed by atoms with van der Waals surface area (Å²) in [6.07, 6.45) is -0.892. The van der Waals surface area contributed by atoms with E-state index in [0.717, 1.165) is 0 Å². The van der Waals surface area contributed by atoms with Crippen LogP contribution in [0.1, 0.15) is 6.92 Å². The first-order valence-corrected chi connectivity index (χ1v) is 7.38.